The molecule has 0 atom stereocenters. The van der Waals surface area contributed by atoms with E-state index in [1.54, 1.807) is 13.3 Å². The van der Waals surface area contributed by atoms with E-state index < -0.39 is 0 Å². The Labute approximate surface area is 147 Å². The number of rotatable bonds is 5. The zero-order valence-electron chi connectivity index (χ0n) is 14.0. The molecular weight excluding hydrogens is 312 g/mol. The predicted molar refractivity (Wildman–Crippen MR) is 101 cm³/mol. The lowest BCUT2D eigenvalue weighted by Gasteiger charge is -2.08. The van der Waals surface area contributed by atoms with E-state index >= 15 is 0 Å². The van der Waals surface area contributed by atoms with Crippen LogP contribution in [0.15, 0.2) is 77.9 Å². The van der Waals surface area contributed by atoms with Gasteiger partial charge in [0.1, 0.15) is 5.75 Å². The highest BCUT2D eigenvalue weighted by Crippen LogP contribution is 2.21. The maximum atomic E-state index is 6.02. The van der Waals surface area contributed by atoms with Gasteiger partial charge in [0.15, 0.2) is 11.8 Å². The Morgan fingerprint density at radius 2 is 1.80 bits per heavy atom. The molecule has 1 heterocycles. The first-order valence-corrected chi connectivity index (χ1v) is 7.97. The van der Waals surface area contributed by atoms with Crippen LogP contribution < -0.4 is 15.8 Å². The summed E-state index contributed by atoms with van der Waals surface area (Å²) in [6.07, 6.45) is 2.43. The number of hydrogen-bond donors (Lipinski definition) is 2. The number of aromatic nitrogens is 1. The van der Waals surface area contributed by atoms with Crippen LogP contribution in [0.1, 0.15) is 11.1 Å². The number of hydrogen-bond acceptors (Lipinski definition) is 3. The van der Waals surface area contributed by atoms with E-state index in [4.69, 9.17) is 10.5 Å². The summed E-state index contributed by atoms with van der Waals surface area (Å²) in [5, 5.41) is 3.07. The average molecular weight is 332 g/mol. The van der Waals surface area contributed by atoms with Crippen molar-refractivity contribution in [3.63, 3.8) is 0 Å². The van der Waals surface area contributed by atoms with Gasteiger partial charge in [0.2, 0.25) is 0 Å². The summed E-state index contributed by atoms with van der Waals surface area (Å²) in [6.45, 7) is 0. The molecule has 0 saturated heterocycles. The molecule has 1 aromatic heterocycles. The minimum absolute atomic E-state index is 0.306. The summed E-state index contributed by atoms with van der Waals surface area (Å²) in [4.78, 5) is 8.79. The van der Waals surface area contributed by atoms with Crippen molar-refractivity contribution in [2.45, 2.75) is 6.42 Å². The van der Waals surface area contributed by atoms with Crippen LogP contribution in [-0.2, 0) is 6.42 Å². The van der Waals surface area contributed by atoms with Gasteiger partial charge in [-0.2, -0.15) is 4.99 Å². The number of nitrogens with one attached hydrogen (secondary N) is 1. The molecule has 0 unspecified atom stereocenters. The van der Waals surface area contributed by atoms with Crippen molar-refractivity contribution in [3.05, 3.63) is 84.1 Å². The Balaban J connectivity index is 1.79. The van der Waals surface area contributed by atoms with Gasteiger partial charge in [-0.25, -0.2) is 4.98 Å². The average Bonchev–Trinajstić information content (AvgIpc) is 2.65. The van der Waals surface area contributed by atoms with Crippen LogP contribution in [0.5, 0.6) is 5.75 Å². The molecular formula is C20H20N4O. The molecule has 3 aromatic rings. The number of aliphatic imine (C=N–C) groups is 1. The third-order valence-corrected chi connectivity index (χ3v) is 3.69. The Morgan fingerprint density at radius 1 is 1.04 bits per heavy atom. The van der Waals surface area contributed by atoms with Crippen molar-refractivity contribution in [3.8, 4) is 5.75 Å². The summed E-state index contributed by atoms with van der Waals surface area (Å²) in [5.74, 6) is 1.75. The molecule has 0 aliphatic rings. The summed E-state index contributed by atoms with van der Waals surface area (Å²) in [6, 6.07) is 21.5. The quantitative estimate of drug-likeness (QED) is 0.551. The third-order valence-electron chi connectivity index (χ3n) is 3.69. The Kier molecular flexibility index (Phi) is 5.26. The van der Waals surface area contributed by atoms with Crippen LogP contribution in [0.2, 0.25) is 0 Å². The predicted octanol–water partition coefficient (Wildman–Crippen LogP) is 3.74. The maximum Gasteiger partial charge on any atom is 0.199 e. The lowest BCUT2D eigenvalue weighted by Crippen LogP contribution is -2.22. The molecule has 0 saturated carbocycles. The van der Waals surface area contributed by atoms with E-state index in [0.29, 0.717) is 11.8 Å². The van der Waals surface area contributed by atoms with E-state index in [9.17, 15) is 0 Å². The standard InChI is InChI=1S/C20H20N4O/c1-25-18-11-9-15(10-12-18)14-16-6-5-13-22-19(16)24-20(21)23-17-7-3-2-4-8-17/h2-13H,14H2,1H3,(H3,21,22,23,24). The molecule has 3 N–H and O–H groups in total. The molecule has 2 aromatic carbocycles. The smallest absolute Gasteiger partial charge is 0.199 e. The molecule has 0 spiro atoms. The van der Waals surface area contributed by atoms with Crippen molar-refractivity contribution in [2.75, 3.05) is 12.4 Å². The minimum atomic E-state index is 0.306. The molecule has 5 nitrogen and oxygen atoms in total. The fourth-order valence-electron chi connectivity index (χ4n) is 2.44. The molecule has 0 aliphatic carbocycles. The molecule has 0 fully saturated rings. The van der Waals surface area contributed by atoms with E-state index in [-0.39, 0.29) is 0 Å². The van der Waals surface area contributed by atoms with Gasteiger partial charge < -0.3 is 15.8 Å². The van der Waals surface area contributed by atoms with Crippen LogP contribution in [0.4, 0.5) is 11.5 Å². The molecule has 0 bridgehead atoms. The number of guanidine groups is 1. The highest BCUT2D eigenvalue weighted by Gasteiger charge is 2.05. The lowest BCUT2D eigenvalue weighted by molar-refractivity contribution is 0.414. The van der Waals surface area contributed by atoms with Crippen LogP contribution in [0.25, 0.3) is 0 Å². The number of benzene rings is 2. The summed E-state index contributed by atoms with van der Waals surface area (Å²) >= 11 is 0. The van der Waals surface area contributed by atoms with E-state index in [0.717, 1.165) is 29.0 Å². The number of methoxy groups -OCH3 is 1. The number of ether oxygens (including phenoxy) is 1. The molecule has 126 valence electrons. The molecule has 0 aliphatic heterocycles. The van der Waals surface area contributed by atoms with Crippen molar-refractivity contribution in [2.24, 2.45) is 10.7 Å². The summed E-state index contributed by atoms with van der Waals surface area (Å²) in [7, 11) is 1.66. The van der Waals surface area contributed by atoms with E-state index in [2.05, 4.69) is 15.3 Å². The van der Waals surface area contributed by atoms with E-state index in [1.807, 2.05) is 66.7 Å². The fourth-order valence-corrected chi connectivity index (χ4v) is 2.44. The number of nitrogens with zero attached hydrogens (tertiary/aromatic N) is 2. The second kappa shape index (κ2) is 7.97. The molecule has 0 radical (unpaired) electrons. The Bertz CT molecular complexity index is 845. The van der Waals surface area contributed by atoms with E-state index in [1.165, 1.54) is 0 Å². The third kappa shape index (κ3) is 4.57. The van der Waals surface area contributed by atoms with Gasteiger partial charge in [-0.05, 0) is 35.9 Å². The van der Waals surface area contributed by atoms with Crippen molar-refractivity contribution in [1.82, 2.24) is 4.98 Å². The normalized spacial score (nSPS) is 11.2. The van der Waals surface area contributed by atoms with Crippen LogP contribution in [0, 0.1) is 0 Å². The van der Waals surface area contributed by atoms with Gasteiger partial charge in [0.25, 0.3) is 0 Å². The zero-order valence-corrected chi connectivity index (χ0v) is 14.0. The zero-order chi connectivity index (χ0) is 17.5. The topological polar surface area (TPSA) is 72.5 Å². The van der Waals surface area contributed by atoms with Gasteiger partial charge in [-0.1, -0.05) is 36.4 Å². The molecule has 5 heteroatoms. The first-order chi connectivity index (χ1) is 12.2. The second-order valence-corrected chi connectivity index (χ2v) is 5.50. The maximum absolute atomic E-state index is 6.02. The van der Waals surface area contributed by atoms with Crippen LogP contribution in [0.3, 0.4) is 0 Å². The monoisotopic (exact) mass is 332 g/mol. The summed E-state index contributed by atoms with van der Waals surface area (Å²) < 4.78 is 5.19. The highest BCUT2D eigenvalue weighted by atomic mass is 16.5. The van der Waals surface area contributed by atoms with Crippen LogP contribution in [-0.4, -0.2) is 18.1 Å². The summed E-state index contributed by atoms with van der Waals surface area (Å²) in [5.41, 5.74) is 9.06. The number of para-hydroxylation sites is 1. The number of pyridine rings is 1. The van der Waals surface area contributed by atoms with Gasteiger partial charge in [-0.3, -0.25) is 0 Å². The van der Waals surface area contributed by atoms with Gasteiger partial charge in [-0.15, -0.1) is 0 Å². The first-order valence-electron chi connectivity index (χ1n) is 7.97. The molecule has 25 heavy (non-hydrogen) atoms. The van der Waals surface area contributed by atoms with Crippen molar-refractivity contribution in [1.29, 1.82) is 0 Å². The minimum Gasteiger partial charge on any atom is -0.497 e. The number of anilines is 1. The first kappa shape index (κ1) is 16.5. The SMILES string of the molecule is COc1ccc(Cc2cccnc2/N=C(\N)Nc2ccccc2)cc1. The fraction of sp³-hybridized carbons (Fsp3) is 0.100. The van der Waals surface area contributed by atoms with Crippen LogP contribution >= 0.6 is 0 Å². The van der Waals surface area contributed by atoms with Gasteiger partial charge >= 0.3 is 0 Å². The largest absolute Gasteiger partial charge is 0.497 e. The second-order valence-electron chi connectivity index (χ2n) is 5.50. The highest BCUT2D eigenvalue weighted by molar-refractivity contribution is 5.93. The Morgan fingerprint density at radius 3 is 2.52 bits per heavy atom. The van der Waals surface area contributed by atoms with Gasteiger partial charge in [0, 0.05) is 23.9 Å². The van der Waals surface area contributed by atoms with Gasteiger partial charge in [0.05, 0.1) is 7.11 Å². The van der Waals surface area contributed by atoms with Crippen molar-refractivity contribution >= 4 is 17.5 Å². The lowest BCUT2D eigenvalue weighted by atomic mass is 10.1. The molecule has 0 amide bonds. The number of nitrogens with two attached hydrogens (primary N) is 1. The van der Waals surface area contributed by atoms with Crippen molar-refractivity contribution < 1.29 is 4.74 Å². The Hall–Kier alpha value is -3.34. The molecule has 3 rings (SSSR count).